The summed E-state index contributed by atoms with van der Waals surface area (Å²) in [5.74, 6) is -7.13. The van der Waals surface area contributed by atoms with Crippen molar-refractivity contribution < 1.29 is 32.2 Å². The number of aromatic hydroxyl groups is 2. The number of phenolic OH excluding ortho intramolecular Hbond substituents is 2. The number of nitrogens with two attached hydrogens (primary N) is 1. The van der Waals surface area contributed by atoms with Crippen LogP contribution in [0, 0.1) is 0 Å². The number of para-hydroxylation sites is 1. The molecule has 0 spiro atoms. The Balaban J connectivity index is 0.00000289. The van der Waals surface area contributed by atoms with Gasteiger partial charge < -0.3 is 15.9 Å². The molecule has 1 atom stereocenters. The maximum absolute atomic E-state index is 12.9. The fourth-order valence-corrected chi connectivity index (χ4v) is 1.17. The van der Waals surface area contributed by atoms with Crippen molar-refractivity contribution in [1.29, 1.82) is 0 Å². The molecule has 4 N–H and O–H groups in total. The van der Waals surface area contributed by atoms with Crippen molar-refractivity contribution in [3.8, 4) is 11.5 Å². The van der Waals surface area contributed by atoms with Gasteiger partial charge in [-0.15, -0.1) is 12.4 Å². The molecule has 0 heterocycles. The van der Waals surface area contributed by atoms with Crippen molar-refractivity contribution in [2.45, 2.75) is 18.1 Å². The van der Waals surface area contributed by atoms with E-state index in [1.54, 1.807) is 0 Å². The Morgan fingerprint density at radius 3 is 2.00 bits per heavy atom. The molecule has 0 aliphatic rings. The van der Waals surface area contributed by atoms with Crippen LogP contribution >= 0.6 is 12.4 Å². The monoisotopic (exact) mass is 293 g/mol. The molecule has 9 heteroatoms. The molecule has 0 unspecified atom stereocenters. The molecule has 1 aromatic rings. The third kappa shape index (κ3) is 2.75. The fraction of sp³-hybridized carbons (Fsp3) is 0.333. The topological polar surface area (TPSA) is 66.5 Å². The number of rotatable bonds is 2. The molecule has 0 aliphatic heterocycles. The van der Waals surface area contributed by atoms with E-state index >= 15 is 0 Å². The van der Waals surface area contributed by atoms with Crippen LogP contribution < -0.4 is 5.73 Å². The number of halogens is 6. The van der Waals surface area contributed by atoms with E-state index in [9.17, 15) is 22.0 Å². The first-order valence-corrected chi connectivity index (χ1v) is 4.30. The van der Waals surface area contributed by atoms with E-state index in [-0.39, 0.29) is 12.4 Å². The Morgan fingerprint density at radius 2 is 1.56 bits per heavy atom. The van der Waals surface area contributed by atoms with Crippen molar-refractivity contribution in [3.63, 3.8) is 0 Å². The lowest BCUT2D eigenvalue weighted by molar-refractivity contribution is -0.291. The minimum Gasteiger partial charge on any atom is -0.504 e. The lowest BCUT2D eigenvalue weighted by Crippen LogP contribution is -2.45. The van der Waals surface area contributed by atoms with Gasteiger partial charge in [-0.1, -0.05) is 12.1 Å². The molecule has 104 valence electrons. The van der Waals surface area contributed by atoms with Crippen molar-refractivity contribution in [3.05, 3.63) is 23.8 Å². The zero-order chi connectivity index (χ0) is 13.4. The van der Waals surface area contributed by atoms with E-state index < -0.39 is 35.2 Å². The summed E-state index contributed by atoms with van der Waals surface area (Å²) in [6, 6.07) is -0.0949. The average molecular weight is 294 g/mol. The molecule has 0 amide bonds. The van der Waals surface area contributed by atoms with Gasteiger partial charge in [0.1, 0.15) is 6.04 Å². The standard InChI is InChI=1S/C9H8F5NO2.ClH/c10-8(11,9(12,13)14)7(15)4-2-1-3-5(16)6(4)17;/h1-3,7,16-17H,15H2;1H/t7-;/m1./s1. The van der Waals surface area contributed by atoms with Crippen LogP contribution in [0.1, 0.15) is 11.6 Å². The van der Waals surface area contributed by atoms with Crippen LogP contribution in [0.5, 0.6) is 11.5 Å². The van der Waals surface area contributed by atoms with Crippen LogP contribution in [-0.4, -0.2) is 22.3 Å². The predicted octanol–water partition coefficient (Wildman–Crippen LogP) is 2.72. The second kappa shape index (κ2) is 5.15. The normalized spacial score (nSPS) is 13.9. The van der Waals surface area contributed by atoms with Gasteiger partial charge >= 0.3 is 12.1 Å². The Morgan fingerprint density at radius 1 is 1.06 bits per heavy atom. The number of hydrogen-bond acceptors (Lipinski definition) is 3. The number of phenols is 2. The van der Waals surface area contributed by atoms with Crippen LogP contribution in [0.3, 0.4) is 0 Å². The molecule has 0 radical (unpaired) electrons. The number of hydrogen-bond donors (Lipinski definition) is 3. The first-order chi connectivity index (χ1) is 7.59. The Bertz CT molecular complexity index is 424. The third-order valence-electron chi connectivity index (χ3n) is 2.15. The first-order valence-electron chi connectivity index (χ1n) is 4.30. The lowest BCUT2D eigenvalue weighted by atomic mass is 9.99. The molecule has 0 saturated heterocycles. The highest BCUT2D eigenvalue weighted by Gasteiger charge is 2.62. The van der Waals surface area contributed by atoms with Gasteiger partial charge in [-0.25, -0.2) is 0 Å². The van der Waals surface area contributed by atoms with Crippen LogP contribution in [0.25, 0.3) is 0 Å². The quantitative estimate of drug-likeness (QED) is 0.580. The maximum Gasteiger partial charge on any atom is 0.455 e. The van der Waals surface area contributed by atoms with E-state index in [0.717, 1.165) is 18.2 Å². The van der Waals surface area contributed by atoms with E-state index in [2.05, 4.69) is 0 Å². The third-order valence-corrected chi connectivity index (χ3v) is 2.15. The summed E-state index contributed by atoms with van der Waals surface area (Å²) in [7, 11) is 0. The molecule has 0 aromatic heterocycles. The van der Waals surface area contributed by atoms with Gasteiger partial charge in [0.25, 0.3) is 0 Å². The van der Waals surface area contributed by atoms with Crippen molar-refractivity contribution in [2.24, 2.45) is 5.73 Å². The minimum atomic E-state index is -5.84. The second-order valence-electron chi connectivity index (χ2n) is 3.31. The zero-order valence-corrected chi connectivity index (χ0v) is 9.40. The molecular weight excluding hydrogens is 285 g/mol. The van der Waals surface area contributed by atoms with Gasteiger partial charge in [0.05, 0.1) is 0 Å². The highest BCUT2D eigenvalue weighted by Crippen LogP contribution is 2.46. The summed E-state index contributed by atoms with van der Waals surface area (Å²) in [5.41, 5.74) is 3.91. The highest BCUT2D eigenvalue weighted by molar-refractivity contribution is 5.85. The van der Waals surface area contributed by atoms with Gasteiger partial charge in [0, 0.05) is 5.56 Å². The number of alkyl halides is 5. The molecular formula is C9H9ClF5NO2. The predicted molar refractivity (Wildman–Crippen MR) is 55.0 cm³/mol. The zero-order valence-electron chi connectivity index (χ0n) is 8.58. The molecule has 0 fully saturated rings. The lowest BCUT2D eigenvalue weighted by Gasteiger charge is -2.26. The van der Waals surface area contributed by atoms with Crippen LogP contribution in [0.4, 0.5) is 22.0 Å². The summed E-state index contributed by atoms with van der Waals surface area (Å²) in [6.45, 7) is 0. The Labute approximate surface area is 104 Å². The maximum atomic E-state index is 12.9. The van der Waals surface area contributed by atoms with Crippen LogP contribution in [-0.2, 0) is 0 Å². The SMILES string of the molecule is Cl.N[C@H](c1cccc(O)c1O)C(F)(F)C(F)(F)F. The Kier molecular flexibility index (Phi) is 4.78. The fourth-order valence-electron chi connectivity index (χ4n) is 1.17. The van der Waals surface area contributed by atoms with E-state index in [1.807, 2.05) is 0 Å². The van der Waals surface area contributed by atoms with Gasteiger partial charge in [-0.2, -0.15) is 22.0 Å². The molecule has 0 saturated carbocycles. The molecule has 0 bridgehead atoms. The van der Waals surface area contributed by atoms with Gasteiger partial charge in [-0.3, -0.25) is 0 Å². The van der Waals surface area contributed by atoms with Crippen molar-refractivity contribution in [2.75, 3.05) is 0 Å². The summed E-state index contributed by atoms with van der Waals surface area (Å²) in [4.78, 5) is 0. The van der Waals surface area contributed by atoms with Crippen LogP contribution in [0.2, 0.25) is 0 Å². The van der Waals surface area contributed by atoms with Gasteiger partial charge in [0.15, 0.2) is 11.5 Å². The van der Waals surface area contributed by atoms with Crippen LogP contribution in [0.15, 0.2) is 18.2 Å². The molecule has 1 rings (SSSR count). The smallest absolute Gasteiger partial charge is 0.455 e. The average Bonchev–Trinajstić information content (AvgIpc) is 2.19. The summed E-state index contributed by atoms with van der Waals surface area (Å²) >= 11 is 0. The molecule has 0 aliphatic carbocycles. The molecule has 1 aromatic carbocycles. The summed E-state index contributed by atoms with van der Waals surface area (Å²) in [6.07, 6.45) is -5.84. The number of benzene rings is 1. The summed E-state index contributed by atoms with van der Waals surface area (Å²) < 4.78 is 61.8. The second-order valence-corrected chi connectivity index (χ2v) is 3.31. The first kappa shape index (κ1) is 16.7. The molecule has 3 nitrogen and oxygen atoms in total. The van der Waals surface area contributed by atoms with Gasteiger partial charge in [0.2, 0.25) is 0 Å². The highest BCUT2D eigenvalue weighted by atomic mass is 35.5. The van der Waals surface area contributed by atoms with Gasteiger partial charge in [-0.05, 0) is 6.07 Å². The largest absolute Gasteiger partial charge is 0.504 e. The van der Waals surface area contributed by atoms with Crippen molar-refractivity contribution >= 4 is 12.4 Å². The van der Waals surface area contributed by atoms with E-state index in [0.29, 0.717) is 0 Å². The van der Waals surface area contributed by atoms with E-state index in [4.69, 9.17) is 15.9 Å². The Hall–Kier alpha value is -1.28. The molecule has 18 heavy (non-hydrogen) atoms. The summed E-state index contributed by atoms with van der Waals surface area (Å²) in [5, 5.41) is 18.2. The van der Waals surface area contributed by atoms with Crippen molar-refractivity contribution in [1.82, 2.24) is 0 Å². The minimum absolute atomic E-state index is 0. The van der Waals surface area contributed by atoms with E-state index in [1.165, 1.54) is 0 Å².